The Morgan fingerprint density at radius 2 is 1.89 bits per heavy atom. The molecule has 1 atom stereocenters. The highest BCUT2D eigenvalue weighted by Gasteiger charge is 2.25. The number of nitrogens with zero attached hydrogens (tertiary/aromatic N) is 1. The van der Waals surface area contributed by atoms with E-state index in [1.165, 1.54) is 5.56 Å². The highest BCUT2D eigenvalue weighted by atomic mass is 35.5. The summed E-state index contributed by atoms with van der Waals surface area (Å²) in [6.07, 6.45) is 0. The van der Waals surface area contributed by atoms with E-state index in [1.54, 1.807) is 0 Å². The molecule has 19 heavy (non-hydrogen) atoms. The number of halogens is 2. The minimum atomic E-state index is 0.0212. The van der Waals surface area contributed by atoms with E-state index in [9.17, 15) is 0 Å². The normalized spacial score (nSPS) is 17.6. The summed E-state index contributed by atoms with van der Waals surface area (Å²) < 4.78 is 0. The molecule has 3 rings (SSSR count). The molecule has 0 spiro atoms. The molecule has 0 amide bonds. The fourth-order valence-electron chi connectivity index (χ4n) is 2.55. The first-order valence-electron chi connectivity index (χ1n) is 6.18. The third kappa shape index (κ3) is 2.57. The summed E-state index contributed by atoms with van der Waals surface area (Å²) in [5.74, 6) is 0. The zero-order valence-corrected chi connectivity index (χ0v) is 11.8. The van der Waals surface area contributed by atoms with E-state index in [0.29, 0.717) is 0 Å². The van der Waals surface area contributed by atoms with Gasteiger partial charge in [-0.05, 0) is 41.5 Å². The molecule has 2 N–H and O–H groups in total. The molecule has 0 fully saturated rings. The van der Waals surface area contributed by atoms with Gasteiger partial charge in [-0.25, -0.2) is 0 Å². The smallest absolute Gasteiger partial charge is 0.0494 e. The largest absolute Gasteiger partial charge is 0.365 e. The summed E-state index contributed by atoms with van der Waals surface area (Å²) in [6, 6.07) is 13.8. The lowest BCUT2D eigenvalue weighted by Gasteiger charge is -2.19. The van der Waals surface area contributed by atoms with Crippen LogP contribution in [-0.4, -0.2) is 6.54 Å². The van der Waals surface area contributed by atoms with Crippen LogP contribution in [0, 0.1) is 0 Å². The lowest BCUT2D eigenvalue weighted by atomic mass is 10.1. The molecule has 1 aliphatic heterocycles. The van der Waals surface area contributed by atoms with Crippen LogP contribution < -0.4 is 10.6 Å². The Labute approximate surface area is 122 Å². The second kappa shape index (κ2) is 5.04. The van der Waals surface area contributed by atoms with Gasteiger partial charge in [0, 0.05) is 34.9 Å². The van der Waals surface area contributed by atoms with E-state index >= 15 is 0 Å². The predicted octanol–water partition coefficient (Wildman–Crippen LogP) is 4.01. The van der Waals surface area contributed by atoms with Crippen LogP contribution in [-0.2, 0) is 6.54 Å². The SMILES string of the molecule is N[C@H]1CN(Cc2cccc(Cl)c2)c2ccc(Cl)cc21. The minimum Gasteiger partial charge on any atom is -0.365 e. The molecule has 0 radical (unpaired) electrons. The van der Waals surface area contributed by atoms with Gasteiger partial charge >= 0.3 is 0 Å². The molecule has 0 unspecified atom stereocenters. The maximum atomic E-state index is 6.16. The fraction of sp³-hybridized carbons (Fsp3) is 0.200. The van der Waals surface area contributed by atoms with Crippen molar-refractivity contribution >= 4 is 28.9 Å². The highest BCUT2D eigenvalue weighted by Crippen LogP contribution is 2.36. The van der Waals surface area contributed by atoms with Crippen LogP contribution in [0.5, 0.6) is 0 Å². The van der Waals surface area contributed by atoms with Crippen LogP contribution in [0.3, 0.4) is 0 Å². The predicted molar refractivity (Wildman–Crippen MR) is 80.9 cm³/mol. The Morgan fingerprint density at radius 1 is 1.11 bits per heavy atom. The van der Waals surface area contributed by atoms with E-state index in [-0.39, 0.29) is 6.04 Å². The Balaban J connectivity index is 1.89. The molecule has 1 aliphatic rings. The molecule has 0 saturated heterocycles. The second-order valence-corrected chi connectivity index (χ2v) is 5.69. The van der Waals surface area contributed by atoms with Crippen molar-refractivity contribution in [2.45, 2.75) is 12.6 Å². The van der Waals surface area contributed by atoms with Gasteiger partial charge in [0.1, 0.15) is 0 Å². The molecular formula is C15H14Cl2N2. The Hall–Kier alpha value is -1.22. The van der Waals surface area contributed by atoms with E-state index < -0.39 is 0 Å². The molecule has 2 nitrogen and oxygen atoms in total. The highest BCUT2D eigenvalue weighted by molar-refractivity contribution is 6.31. The van der Waals surface area contributed by atoms with Gasteiger partial charge in [-0.1, -0.05) is 35.3 Å². The van der Waals surface area contributed by atoms with Gasteiger partial charge < -0.3 is 10.6 Å². The quantitative estimate of drug-likeness (QED) is 0.906. The summed E-state index contributed by atoms with van der Waals surface area (Å²) in [5, 5.41) is 1.50. The number of anilines is 1. The number of hydrogen-bond donors (Lipinski definition) is 1. The van der Waals surface area contributed by atoms with Crippen molar-refractivity contribution in [1.29, 1.82) is 0 Å². The van der Waals surface area contributed by atoms with Crippen molar-refractivity contribution in [3.63, 3.8) is 0 Å². The standard InChI is InChI=1S/C15H14Cl2N2/c16-11-3-1-2-10(6-11)8-19-9-14(18)13-7-12(17)4-5-15(13)19/h1-7,14H,8-9,18H2/t14-/m0/s1. The van der Waals surface area contributed by atoms with Crippen molar-refractivity contribution in [2.24, 2.45) is 5.73 Å². The van der Waals surface area contributed by atoms with Crippen LogP contribution in [0.25, 0.3) is 0 Å². The number of benzene rings is 2. The van der Waals surface area contributed by atoms with Crippen LogP contribution in [0.15, 0.2) is 42.5 Å². The summed E-state index contributed by atoms with van der Waals surface area (Å²) in [6.45, 7) is 1.62. The first-order chi connectivity index (χ1) is 9.13. The third-order valence-electron chi connectivity index (χ3n) is 3.41. The maximum absolute atomic E-state index is 6.16. The summed E-state index contributed by atoms with van der Waals surface area (Å²) in [5.41, 5.74) is 9.63. The van der Waals surface area contributed by atoms with Crippen LogP contribution in [0.2, 0.25) is 10.0 Å². The summed E-state index contributed by atoms with van der Waals surface area (Å²) in [7, 11) is 0. The summed E-state index contributed by atoms with van der Waals surface area (Å²) in [4.78, 5) is 2.27. The van der Waals surface area contributed by atoms with Crippen LogP contribution >= 0.6 is 23.2 Å². The fourth-order valence-corrected chi connectivity index (χ4v) is 2.94. The van der Waals surface area contributed by atoms with Gasteiger partial charge in [-0.2, -0.15) is 0 Å². The molecule has 2 aromatic carbocycles. The van der Waals surface area contributed by atoms with E-state index in [0.717, 1.165) is 34.4 Å². The van der Waals surface area contributed by atoms with Crippen molar-refractivity contribution in [2.75, 3.05) is 11.4 Å². The van der Waals surface area contributed by atoms with E-state index in [1.807, 2.05) is 36.4 Å². The van der Waals surface area contributed by atoms with Crippen LogP contribution in [0.1, 0.15) is 17.2 Å². The van der Waals surface area contributed by atoms with Gasteiger partial charge in [0.25, 0.3) is 0 Å². The van der Waals surface area contributed by atoms with Crippen molar-refractivity contribution in [1.82, 2.24) is 0 Å². The van der Waals surface area contributed by atoms with Crippen molar-refractivity contribution in [3.05, 3.63) is 63.6 Å². The van der Waals surface area contributed by atoms with E-state index in [2.05, 4.69) is 11.0 Å². The van der Waals surface area contributed by atoms with Crippen molar-refractivity contribution in [3.8, 4) is 0 Å². The van der Waals surface area contributed by atoms with Gasteiger partial charge in [-0.15, -0.1) is 0 Å². The average molecular weight is 293 g/mol. The summed E-state index contributed by atoms with van der Waals surface area (Å²) >= 11 is 12.0. The van der Waals surface area contributed by atoms with Gasteiger partial charge in [0.15, 0.2) is 0 Å². The molecular weight excluding hydrogens is 279 g/mol. The topological polar surface area (TPSA) is 29.3 Å². The number of fused-ring (bicyclic) bond motifs is 1. The molecule has 4 heteroatoms. The zero-order chi connectivity index (χ0) is 13.4. The number of hydrogen-bond acceptors (Lipinski definition) is 2. The average Bonchev–Trinajstić information content (AvgIpc) is 2.66. The van der Waals surface area contributed by atoms with E-state index in [4.69, 9.17) is 28.9 Å². The molecule has 0 aliphatic carbocycles. The minimum absolute atomic E-state index is 0.0212. The lowest BCUT2D eigenvalue weighted by Crippen LogP contribution is -2.23. The van der Waals surface area contributed by atoms with Gasteiger partial charge in [0.05, 0.1) is 0 Å². The third-order valence-corrected chi connectivity index (χ3v) is 3.88. The van der Waals surface area contributed by atoms with Gasteiger partial charge in [-0.3, -0.25) is 0 Å². The second-order valence-electron chi connectivity index (χ2n) is 4.82. The van der Waals surface area contributed by atoms with Crippen molar-refractivity contribution < 1.29 is 0 Å². The molecule has 0 aromatic heterocycles. The molecule has 0 saturated carbocycles. The first-order valence-corrected chi connectivity index (χ1v) is 6.93. The maximum Gasteiger partial charge on any atom is 0.0494 e. The number of nitrogens with two attached hydrogens (primary N) is 1. The lowest BCUT2D eigenvalue weighted by molar-refractivity contribution is 0.720. The van der Waals surface area contributed by atoms with Crippen LogP contribution in [0.4, 0.5) is 5.69 Å². The zero-order valence-electron chi connectivity index (χ0n) is 10.3. The number of rotatable bonds is 2. The Bertz CT molecular complexity index is 613. The first kappa shape index (κ1) is 12.8. The monoisotopic (exact) mass is 292 g/mol. The molecule has 0 bridgehead atoms. The molecule has 2 aromatic rings. The molecule has 1 heterocycles. The van der Waals surface area contributed by atoms with Gasteiger partial charge in [0.2, 0.25) is 0 Å². The molecule has 98 valence electrons. The Kier molecular flexibility index (Phi) is 3.40. The Morgan fingerprint density at radius 3 is 2.68 bits per heavy atom.